The Balaban J connectivity index is 2.62. The number of nitrogens with zero attached hydrogens (tertiary/aromatic N) is 1. The zero-order valence-corrected chi connectivity index (χ0v) is 13.7. The average molecular weight is 297 g/mol. The van der Waals surface area contributed by atoms with Crippen molar-refractivity contribution in [2.24, 2.45) is 11.3 Å². The summed E-state index contributed by atoms with van der Waals surface area (Å²) in [7, 11) is 1.54. The van der Waals surface area contributed by atoms with Gasteiger partial charge in [0.1, 0.15) is 6.04 Å². The maximum atomic E-state index is 12.3. The van der Waals surface area contributed by atoms with E-state index in [-0.39, 0.29) is 23.6 Å². The molecule has 3 amide bonds. The van der Waals surface area contributed by atoms with Crippen molar-refractivity contribution in [3.05, 3.63) is 0 Å². The highest BCUT2D eigenvalue weighted by molar-refractivity contribution is 5.88. The zero-order valence-electron chi connectivity index (χ0n) is 13.7. The third-order valence-electron chi connectivity index (χ3n) is 3.72. The van der Waals surface area contributed by atoms with Gasteiger partial charge < -0.3 is 15.5 Å². The van der Waals surface area contributed by atoms with Crippen LogP contribution in [0.25, 0.3) is 0 Å². The maximum Gasteiger partial charge on any atom is 0.242 e. The van der Waals surface area contributed by atoms with Gasteiger partial charge >= 0.3 is 0 Å². The molecule has 2 N–H and O–H groups in total. The predicted octanol–water partition coefficient (Wildman–Crippen LogP) is 0.522. The fraction of sp³-hybridized carbons (Fsp3) is 0.800. The molecule has 1 aliphatic rings. The molecule has 0 aliphatic carbocycles. The van der Waals surface area contributed by atoms with Gasteiger partial charge in [-0.1, -0.05) is 20.8 Å². The van der Waals surface area contributed by atoms with Crippen molar-refractivity contribution >= 4 is 17.7 Å². The monoisotopic (exact) mass is 297 g/mol. The minimum atomic E-state index is -0.559. The summed E-state index contributed by atoms with van der Waals surface area (Å²) >= 11 is 0. The number of piperidine rings is 1. The van der Waals surface area contributed by atoms with Crippen molar-refractivity contribution in [2.45, 2.75) is 46.6 Å². The van der Waals surface area contributed by atoms with Crippen molar-refractivity contribution in [3.8, 4) is 0 Å². The molecule has 120 valence electrons. The third-order valence-corrected chi connectivity index (χ3v) is 3.72. The summed E-state index contributed by atoms with van der Waals surface area (Å²) in [6, 6.07) is -0.559. The highest BCUT2D eigenvalue weighted by Gasteiger charge is 2.33. The van der Waals surface area contributed by atoms with Crippen LogP contribution in [0.5, 0.6) is 0 Å². The Labute approximate surface area is 126 Å². The van der Waals surface area contributed by atoms with Crippen LogP contribution in [0.4, 0.5) is 0 Å². The van der Waals surface area contributed by atoms with Crippen LogP contribution in [-0.4, -0.2) is 48.8 Å². The van der Waals surface area contributed by atoms with Crippen LogP contribution in [0, 0.1) is 11.3 Å². The van der Waals surface area contributed by atoms with Crippen LogP contribution in [0.1, 0.15) is 40.5 Å². The van der Waals surface area contributed by atoms with E-state index in [2.05, 4.69) is 10.6 Å². The molecule has 1 saturated heterocycles. The lowest BCUT2D eigenvalue weighted by molar-refractivity contribution is -0.143. The van der Waals surface area contributed by atoms with Crippen molar-refractivity contribution in [1.29, 1.82) is 0 Å². The van der Waals surface area contributed by atoms with Gasteiger partial charge in [0.25, 0.3) is 0 Å². The van der Waals surface area contributed by atoms with Crippen molar-refractivity contribution in [3.63, 3.8) is 0 Å². The summed E-state index contributed by atoms with van der Waals surface area (Å²) < 4.78 is 0. The minimum absolute atomic E-state index is 0.0688. The molecule has 1 rings (SSSR count). The van der Waals surface area contributed by atoms with Gasteiger partial charge in [-0.25, -0.2) is 0 Å². The molecule has 6 nitrogen and oxygen atoms in total. The summed E-state index contributed by atoms with van der Waals surface area (Å²) in [5, 5.41) is 5.21. The predicted molar refractivity (Wildman–Crippen MR) is 80.4 cm³/mol. The third kappa shape index (κ3) is 4.72. The van der Waals surface area contributed by atoms with Crippen LogP contribution in [0.3, 0.4) is 0 Å². The van der Waals surface area contributed by atoms with Gasteiger partial charge in [0.05, 0.1) is 5.92 Å². The molecule has 21 heavy (non-hydrogen) atoms. The number of hydrogen-bond donors (Lipinski definition) is 2. The molecule has 1 fully saturated rings. The lowest BCUT2D eigenvalue weighted by atomic mass is 9.91. The Kier molecular flexibility index (Phi) is 5.75. The Hall–Kier alpha value is -1.59. The highest BCUT2D eigenvalue weighted by atomic mass is 16.2. The average Bonchev–Trinajstić information content (AvgIpc) is 2.44. The first kappa shape index (κ1) is 17.5. The Morgan fingerprint density at radius 2 is 1.86 bits per heavy atom. The number of carbonyl (C=O) groups is 3. The summed E-state index contributed by atoms with van der Waals surface area (Å²) in [5.74, 6) is -0.546. The summed E-state index contributed by atoms with van der Waals surface area (Å²) in [4.78, 5) is 37.7. The molecule has 0 spiro atoms. The molecule has 0 unspecified atom stereocenters. The maximum absolute atomic E-state index is 12.3. The number of amides is 3. The van der Waals surface area contributed by atoms with Gasteiger partial charge in [-0.05, 0) is 19.8 Å². The van der Waals surface area contributed by atoms with Crippen LogP contribution in [-0.2, 0) is 14.4 Å². The normalized spacial score (nSPS) is 20.6. The Morgan fingerprint density at radius 1 is 1.24 bits per heavy atom. The molecular formula is C15H27N3O3. The quantitative estimate of drug-likeness (QED) is 0.797. The molecule has 6 heteroatoms. The van der Waals surface area contributed by atoms with E-state index in [1.807, 2.05) is 20.8 Å². The number of hydrogen-bond acceptors (Lipinski definition) is 3. The second-order valence-corrected chi connectivity index (χ2v) is 6.68. The molecule has 0 radical (unpaired) electrons. The van der Waals surface area contributed by atoms with E-state index < -0.39 is 11.5 Å². The fourth-order valence-corrected chi connectivity index (χ4v) is 2.46. The van der Waals surface area contributed by atoms with E-state index in [1.165, 1.54) is 7.05 Å². The molecule has 0 aromatic heterocycles. The molecule has 0 saturated carbocycles. The summed E-state index contributed by atoms with van der Waals surface area (Å²) in [6.45, 7) is 8.43. The first-order valence-electron chi connectivity index (χ1n) is 7.48. The second kappa shape index (κ2) is 6.91. The molecule has 0 aromatic carbocycles. The van der Waals surface area contributed by atoms with Crippen LogP contribution >= 0.6 is 0 Å². The first-order chi connectivity index (χ1) is 9.66. The Bertz CT molecular complexity index is 415. The zero-order chi connectivity index (χ0) is 16.2. The number of rotatable bonds is 3. The summed E-state index contributed by atoms with van der Waals surface area (Å²) in [5.41, 5.74) is -0.437. The number of likely N-dealkylation sites (N-methyl/N-ethyl adjacent to an activating group) is 1. The van der Waals surface area contributed by atoms with Gasteiger partial charge in [0.2, 0.25) is 17.7 Å². The van der Waals surface area contributed by atoms with Gasteiger partial charge in [-0.2, -0.15) is 0 Å². The van der Waals surface area contributed by atoms with E-state index in [1.54, 1.807) is 11.8 Å². The van der Waals surface area contributed by atoms with E-state index >= 15 is 0 Å². The standard InChI is InChI=1S/C15H27N3O3/c1-10(12(19)16-5)17-13(20)11-7-6-8-18(9-11)14(21)15(2,3)4/h10-11H,6-9H2,1-5H3,(H,16,19)(H,17,20)/t10-,11-/m0/s1. The molecule has 2 atom stereocenters. The van der Waals surface area contributed by atoms with E-state index in [0.29, 0.717) is 13.1 Å². The topological polar surface area (TPSA) is 78.5 Å². The van der Waals surface area contributed by atoms with E-state index in [4.69, 9.17) is 0 Å². The van der Waals surface area contributed by atoms with Gasteiger partial charge in [0, 0.05) is 25.6 Å². The SMILES string of the molecule is CNC(=O)[C@H](C)NC(=O)[C@H]1CCCN(C(=O)C(C)(C)C)C1. The van der Waals surface area contributed by atoms with Gasteiger partial charge in [-0.15, -0.1) is 0 Å². The molecular weight excluding hydrogens is 270 g/mol. The van der Waals surface area contributed by atoms with Gasteiger partial charge in [0.15, 0.2) is 0 Å². The minimum Gasteiger partial charge on any atom is -0.357 e. The first-order valence-corrected chi connectivity index (χ1v) is 7.48. The lowest BCUT2D eigenvalue weighted by Gasteiger charge is -2.36. The van der Waals surface area contributed by atoms with Crippen LogP contribution < -0.4 is 10.6 Å². The summed E-state index contributed by atoms with van der Waals surface area (Å²) in [6.07, 6.45) is 1.56. The van der Waals surface area contributed by atoms with Crippen molar-refractivity contribution in [2.75, 3.05) is 20.1 Å². The highest BCUT2D eigenvalue weighted by Crippen LogP contribution is 2.23. The van der Waals surface area contributed by atoms with E-state index in [0.717, 1.165) is 12.8 Å². The second-order valence-electron chi connectivity index (χ2n) is 6.68. The number of nitrogens with one attached hydrogen (secondary N) is 2. The lowest BCUT2D eigenvalue weighted by Crippen LogP contribution is -2.51. The molecule has 1 heterocycles. The number of likely N-dealkylation sites (tertiary alicyclic amines) is 1. The number of carbonyl (C=O) groups excluding carboxylic acids is 3. The van der Waals surface area contributed by atoms with Crippen molar-refractivity contribution < 1.29 is 14.4 Å². The van der Waals surface area contributed by atoms with Crippen molar-refractivity contribution in [1.82, 2.24) is 15.5 Å². The van der Waals surface area contributed by atoms with Gasteiger partial charge in [-0.3, -0.25) is 14.4 Å². The fourth-order valence-electron chi connectivity index (χ4n) is 2.46. The molecule has 0 bridgehead atoms. The molecule has 1 aliphatic heterocycles. The Morgan fingerprint density at radius 3 is 2.38 bits per heavy atom. The largest absolute Gasteiger partial charge is 0.357 e. The molecule has 0 aromatic rings. The van der Waals surface area contributed by atoms with Crippen LogP contribution in [0.2, 0.25) is 0 Å². The smallest absolute Gasteiger partial charge is 0.242 e. The van der Waals surface area contributed by atoms with E-state index in [9.17, 15) is 14.4 Å². The van der Waals surface area contributed by atoms with Crippen LogP contribution in [0.15, 0.2) is 0 Å².